The van der Waals surface area contributed by atoms with Gasteiger partial charge in [-0.3, -0.25) is 9.59 Å². The Kier molecular flexibility index (Phi) is 4.85. The highest BCUT2D eigenvalue weighted by atomic mass is 32.2. The third-order valence-electron chi connectivity index (χ3n) is 4.76. The minimum atomic E-state index is -0.405. The number of carbonyl (C=O) groups excluding carboxylic acids is 2. The number of rotatable bonds is 4. The highest BCUT2D eigenvalue weighted by Gasteiger charge is 2.41. The van der Waals surface area contributed by atoms with Gasteiger partial charge in [0.05, 0.1) is 17.7 Å². The van der Waals surface area contributed by atoms with Gasteiger partial charge >= 0.3 is 0 Å². The van der Waals surface area contributed by atoms with Crippen molar-refractivity contribution in [1.29, 1.82) is 0 Å². The molecule has 1 aromatic rings. The van der Waals surface area contributed by atoms with Gasteiger partial charge in [0, 0.05) is 23.8 Å². The number of ether oxygens (including phenoxy) is 1. The van der Waals surface area contributed by atoms with Gasteiger partial charge in [-0.2, -0.15) is 0 Å². The van der Waals surface area contributed by atoms with E-state index in [9.17, 15) is 9.59 Å². The fourth-order valence-corrected chi connectivity index (χ4v) is 5.15. The summed E-state index contributed by atoms with van der Waals surface area (Å²) in [6.45, 7) is 0. The van der Waals surface area contributed by atoms with Crippen LogP contribution in [0.15, 0.2) is 34.9 Å². The molecule has 2 N–H and O–H groups in total. The Bertz CT molecular complexity index is 701. The Morgan fingerprint density at radius 3 is 2.75 bits per heavy atom. The monoisotopic (exact) mass is 346 g/mol. The summed E-state index contributed by atoms with van der Waals surface area (Å²) in [7, 11) is 3.28. The van der Waals surface area contributed by atoms with E-state index in [4.69, 9.17) is 10.5 Å². The number of nitrogens with zero attached hydrogens (tertiary/aromatic N) is 1. The Balaban J connectivity index is 1.91. The van der Waals surface area contributed by atoms with Crippen molar-refractivity contribution in [3.63, 3.8) is 0 Å². The fraction of sp³-hybridized carbons (Fsp3) is 0.444. The minimum Gasteiger partial charge on any atom is -0.497 e. The van der Waals surface area contributed by atoms with E-state index >= 15 is 0 Å². The number of hydrogen-bond donors (Lipinski definition) is 1. The first-order chi connectivity index (χ1) is 11.5. The average Bonchev–Trinajstić information content (AvgIpc) is 3.00. The second kappa shape index (κ2) is 6.89. The summed E-state index contributed by atoms with van der Waals surface area (Å²) in [5.74, 6) is 0.244. The molecule has 1 aliphatic carbocycles. The lowest BCUT2D eigenvalue weighted by Gasteiger charge is -2.25. The number of primary amides is 1. The molecular formula is C18H22N2O3S. The Morgan fingerprint density at radius 1 is 1.29 bits per heavy atom. The van der Waals surface area contributed by atoms with E-state index in [2.05, 4.69) is 0 Å². The molecule has 6 heteroatoms. The van der Waals surface area contributed by atoms with Crippen molar-refractivity contribution in [2.24, 2.45) is 11.7 Å². The van der Waals surface area contributed by atoms with Gasteiger partial charge in [0.15, 0.2) is 0 Å². The van der Waals surface area contributed by atoms with Crippen molar-refractivity contribution in [3.8, 4) is 5.75 Å². The molecule has 2 unspecified atom stereocenters. The van der Waals surface area contributed by atoms with Crippen LogP contribution in [0.3, 0.4) is 0 Å². The zero-order chi connectivity index (χ0) is 17.3. The summed E-state index contributed by atoms with van der Waals surface area (Å²) >= 11 is 1.62. The van der Waals surface area contributed by atoms with E-state index in [1.165, 1.54) is 6.42 Å². The molecule has 0 spiro atoms. The molecule has 3 rings (SSSR count). The zero-order valence-electron chi connectivity index (χ0n) is 14.0. The quantitative estimate of drug-likeness (QED) is 0.910. The van der Waals surface area contributed by atoms with Gasteiger partial charge in [-0.1, -0.05) is 18.9 Å². The van der Waals surface area contributed by atoms with Crippen LogP contribution in [0.4, 0.5) is 0 Å². The molecule has 1 fully saturated rings. The van der Waals surface area contributed by atoms with E-state index in [-0.39, 0.29) is 11.8 Å². The number of carbonyl (C=O) groups is 2. The summed E-state index contributed by atoms with van der Waals surface area (Å²) in [5.41, 5.74) is 6.81. The summed E-state index contributed by atoms with van der Waals surface area (Å²) in [5, 5.41) is 1.07. The lowest BCUT2D eigenvalue weighted by atomic mass is 9.83. The summed E-state index contributed by atoms with van der Waals surface area (Å²) in [4.78, 5) is 26.4. The molecule has 0 bridgehead atoms. The molecule has 2 atom stereocenters. The third-order valence-corrected chi connectivity index (χ3v) is 6.34. The molecule has 24 heavy (non-hydrogen) atoms. The van der Waals surface area contributed by atoms with Crippen molar-refractivity contribution in [2.45, 2.75) is 30.9 Å². The predicted octanol–water partition coefficient (Wildman–Crippen LogP) is 2.77. The van der Waals surface area contributed by atoms with Crippen LogP contribution in [0.1, 0.15) is 36.0 Å². The van der Waals surface area contributed by atoms with Gasteiger partial charge in [0.25, 0.3) is 5.91 Å². The molecule has 1 heterocycles. The molecule has 0 saturated heterocycles. The first-order valence-corrected chi connectivity index (χ1v) is 9.03. The number of amides is 2. The second-order valence-electron chi connectivity index (χ2n) is 6.23. The van der Waals surface area contributed by atoms with Crippen molar-refractivity contribution in [3.05, 3.63) is 40.4 Å². The SMILES string of the molecule is COc1cccc(C(=O)N(C)C2=C(C(N)=O)C3CCCCC3S2)c1. The molecule has 5 nitrogen and oxygen atoms in total. The number of methoxy groups -OCH3 is 1. The van der Waals surface area contributed by atoms with E-state index in [1.807, 2.05) is 0 Å². The van der Waals surface area contributed by atoms with Crippen LogP contribution < -0.4 is 10.5 Å². The van der Waals surface area contributed by atoms with E-state index < -0.39 is 5.91 Å². The van der Waals surface area contributed by atoms with Crippen LogP contribution in [-0.4, -0.2) is 36.1 Å². The summed E-state index contributed by atoms with van der Waals surface area (Å²) < 4.78 is 5.18. The van der Waals surface area contributed by atoms with Gasteiger partial charge in [-0.25, -0.2) is 0 Å². The third kappa shape index (κ3) is 3.02. The number of hydrogen-bond acceptors (Lipinski definition) is 4. The van der Waals surface area contributed by atoms with Crippen molar-refractivity contribution in [2.75, 3.05) is 14.2 Å². The van der Waals surface area contributed by atoms with E-state index in [1.54, 1.807) is 55.1 Å². The van der Waals surface area contributed by atoms with E-state index in [0.29, 0.717) is 27.2 Å². The molecule has 2 aliphatic rings. The number of benzene rings is 1. The average molecular weight is 346 g/mol. The lowest BCUT2D eigenvalue weighted by Crippen LogP contribution is -2.29. The molecule has 2 amide bonds. The van der Waals surface area contributed by atoms with Crippen LogP contribution >= 0.6 is 11.8 Å². The lowest BCUT2D eigenvalue weighted by molar-refractivity contribution is -0.115. The van der Waals surface area contributed by atoms with Crippen molar-refractivity contribution >= 4 is 23.6 Å². The Labute approximate surface area is 146 Å². The molecule has 0 radical (unpaired) electrons. The Morgan fingerprint density at radius 2 is 2.04 bits per heavy atom. The van der Waals surface area contributed by atoms with Crippen LogP contribution in [0.2, 0.25) is 0 Å². The smallest absolute Gasteiger partial charge is 0.258 e. The standard InChI is InChI=1S/C18H22N2O3S/c1-20(17(22)11-6-5-7-12(10-11)23-2)18-15(16(19)21)13-8-3-4-9-14(13)24-18/h5-7,10,13-14H,3-4,8-9H2,1-2H3,(H2,19,21). The first-order valence-electron chi connectivity index (χ1n) is 8.15. The van der Waals surface area contributed by atoms with Gasteiger partial charge in [-0.15, -0.1) is 11.8 Å². The fourth-order valence-electron chi connectivity index (χ4n) is 3.52. The van der Waals surface area contributed by atoms with Crippen molar-refractivity contribution in [1.82, 2.24) is 4.90 Å². The van der Waals surface area contributed by atoms with E-state index in [0.717, 1.165) is 19.3 Å². The van der Waals surface area contributed by atoms with Crippen LogP contribution in [0.5, 0.6) is 5.75 Å². The van der Waals surface area contributed by atoms with Gasteiger partial charge in [-0.05, 0) is 31.0 Å². The predicted molar refractivity (Wildman–Crippen MR) is 94.6 cm³/mol. The topological polar surface area (TPSA) is 72.6 Å². The molecule has 0 aromatic heterocycles. The Hall–Kier alpha value is -1.95. The van der Waals surface area contributed by atoms with Gasteiger partial charge < -0.3 is 15.4 Å². The highest BCUT2D eigenvalue weighted by Crippen LogP contribution is 2.49. The largest absolute Gasteiger partial charge is 0.497 e. The summed E-state index contributed by atoms with van der Waals surface area (Å²) in [6.07, 6.45) is 4.32. The number of fused-ring (bicyclic) bond motifs is 1. The minimum absolute atomic E-state index is 0.159. The van der Waals surface area contributed by atoms with Gasteiger partial charge in [0.1, 0.15) is 5.75 Å². The molecular weight excluding hydrogens is 324 g/mol. The maximum absolute atomic E-state index is 12.8. The van der Waals surface area contributed by atoms with Gasteiger partial charge in [0.2, 0.25) is 5.91 Å². The number of nitrogens with two attached hydrogens (primary N) is 1. The normalized spacial score (nSPS) is 22.9. The molecule has 1 aromatic carbocycles. The van der Waals surface area contributed by atoms with Crippen LogP contribution in [0.25, 0.3) is 0 Å². The number of thioether (sulfide) groups is 1. The molecule has 128 valence electrons. The maximum Gasteiger partial charge on any atom is 0.258 e. The summed E-state index contributed by atoms with van der Waals surface area (Å²) in [6, 6.07) is 7.03. The molecule has 1 saturated carbocycles. The van der Waals surface area contributed by atoms with Crippen molar-refractivity contribution < 1.29 is 14.3 Å². The van der Waals surface area contributed by atoms with Crippen LogP contribution in [-0.2, 0) is 4.79 Å². The van der Waals surface area contributed by atoms with Crippen LogP contribution in [0, 0.1) is 5.92 Å². The highest BCUT2D eigenvalue weighted by molar-refractivity contribution is 8.04. The zero-order valence-corrected chi connectivity index (χ0v) is 14.8. The second-order valence-corrected chi connectivity index (χ2v) is 7.45. The first kappa shape index (κ1) is 16.9. The molecule has 1 aliphatic heterocycles. The maximum atomic E-state index is 12.8.